The molecule has 1 aliphatic rings. The molecule has 0 aromatic carbocycles. The van der Waals surface area contributed by atoms with Gasteiger partial charge in [-0.05, 0) is 18.8 Å². The van der Waals surface area contributed by atoms with Gasteiger partial charge >= 0.3 is 0 Å². The lowest BCUT2D eigenvalue weighted by Crippen LogP contribution is -2.38. The summed E-state index contributed by atoms with van der Waals surface area (Å²) < 4.78 is 12.8. The van der Waals surface area contributed by atoms with Crippen molar-refractivity contribution in [1.82, 2.24) is 0 Å². The lowest BCUT2D eigenvalue weighted by atomic mass is 9.71. The fraction of sp³-hybridized carbons (Fsp3) is 0.875. The molecule has 2 heteroatoms. The molecule has 1 rings (SSSR count). The summed E-state index contributed by atoms with van der Waals surface area (Å²) in [6.07, 6.45) is 3.12. The fourth-order valence-corrected chi connectivity index (χ4v) is 1.56. The number of alkyl halides is 1. The minimum Gasteiger partial charge on any atom is -0.227 e. The lowest BCUT2D eigenvalue weighted by molar-refractivity contribution is 0.0561. The Morgan fingerprint density at radius 1 is 1.70 bits per heavy atom. The van der Waals surface area contributed by atoms with Gasteiger partial charge in [-0.3, -0.25) is 0 Å². The molecule has 0 aliphatic heterocycles. The Bertz CT molecular complexity index is 153. The summed E-state index contributed by atoms with van der Waals surface area (Å²) >= 11 is 0. The molecule has 0 atom stereocenters. The van der Waals surface area contributed by atoms with Crippen molar-refractivity contribution >= 4 is 0 Å². The molecule has 0 aromatic rings. The first-order valence-corrected chi connectivity index (χ1v) is 3.80. The van der Waals surface area contributed by atoms with Crippen molar-refractivity contribution in [2.75, 3.05) is 0 Å². The minimum atomic E-state index is -1.46. The molecule has 0 amide bonds. The van der Waals surface area contributed by atoms with Gasteiger partial charge in [-0.1, -0.05) is 19.8 Å². The maximum absolute atomic E-state index is 12.8. The van der Waals surface area contributed by atoms with Crippen LogP contribution < -0.4 is 0 Å². The van der Waals surface area contributed by atoms with Gasteiger partial charge in [0.25, 0.3) is 0 Å². The van der Waals surface area contributed by atoms with Crippen molar-refractivity contribution < 1.29 is 4.39 Å². The van der Waals surface area contributed by atoms with Gasteiger partial charge in [-0.25, -0.2) is 4.39 Å². The lowest BCUT2D eigenvalue weighted by Gasteiger charge is -2.35. The van der Waals surface area contributed by atoms with Crippen LogP contribution in [0.25, 0.3) is 0 Å². The second-order valence-corrected chi connectivity index (χ2v) is 3.14. The average Bonchev–Trinajstić information content (AvgIpc) is 1.85. The van der Waals surface area contributed by atoms with Gasteiger partial charge in [-0.15, -0.1) is 0 Å². The molecule has 0 radical (unpaired) electrons. The Hall–Kier alpha value is -0.580. The molecular formula is C8H12FN. The van der Waals surface area contributed by atoms with Gasteiger partial charge in [0, 0.05) is 0 Å². The molecule has 0 aromatic heterocycles. The van der Waals surface area contributed by atoms with Crippen molar-refractivity contribution in [2.45, 2.75) is 38.3 Å². The van der Waals surface area contributed by atoms with Gasteiger partial charge in [-0.2, -0.15) is 5.26 Å². The van der Waals surface area contributed by atoms with E-state index in [4.69, 9.17) is 5.26 Å². The molecule has 0 heterocycles. The van der Waals surface area contributed by atoms with Gasteiger partial charge in [0.1, 0.15) is 6.07 Å². The summed E-state index contributed by atoms with van der Waals surface area (Å²) in [5.41, 5.74) is -1.46. The van der Waals surface area contributed by atoms with E-state index < -0.39 is 5.67 Å². The molecule has 1 fully saturated rings. The maximum Gasteiger partial charge on any atom is 0.196 e. The zero-order valence-electron chi connectivity index (χ0n) is 6.23. The molecule has 0 spiro atoms. The van der Waals surface area contributed by atoms with Crippen LogP contribution in [0, 0.1) is 17.2 Å². The topological polar surface area (TPSA) is 23.8 Å². The highest BCUT2D eigenvalue weighted by atomic mass is 19.1. The first-order valence-electron chi connectivity index (χ1n) is 3.80. The standard InChI is InChI=1S/C8H12FN/c1-2-3-7-4-8(9,5-7)6-10/h7H,2-5H2,1H3. The van der Waals surface area contributed by atoms with E-state index in [-0.39, 0.29) is 0 Å². The molecule has 0 N–H and O–H groups in total. The van der Waals surface area contributed by atoms with Crippen LogP contribution in [0.15, 0.2) is 0 Å². The molecule has 56 valence electrons. The summed E-state index contributed by atoms with van der Waals surface area (Å²) in [7, 11) is 0. The maximum atomic E-state index is 12.8. The SMILES string of the molecule is CCCC1CC(F)(C#N)C1. The van der Waals surface area contributed by atoms with E-state index in [2.05, 4.69) is 6.92 Å². The third-order valence-electron chi connectivity index (χ3n) is 2.12. The Balaban J connectivity index is 2.24. The van der Waals surface area contributed by atoms with Crippen molar-refractivity contribution in [3.63, 3.8) is 0 Å². The second-order valence-electron chi connectivity index (χ2n) is 3.14. The average molecular weight is 141 g/mol. The summed E-state index contributed by atoms with van der Waals surface area (Å²) in [5, 5.41) is 8.31. The predicted molar refractivity (Wildman–Crippen MR) is 37.1 cm³/mol. The van der Waals surface area contributed by atoms with Crippen LogP contribution in [0.3, 0.4) is 0 Å². The predicted octanol–water partition coefficient (Wildman–Crippen LogP) is 2.43. The molecule has 1 aliphatic carbocycles. The van der Waals surface area contributed by atoms with Gasteiger partial charge in [0.15, 0.2) is 5.67 Å². The molecule has 1 nitrogen and oxygen atoms in total. The number of hydrogen-bond acceptors (Lipinski definition) is 1. The van der Waals surface area contributed by atoms with E-state index in [1.807, 2.05) is 0 Å². The van der Waals surface area contributed by atoms with E-state index in [1.165, 1.54) is 0 Å². The van der Waals surface area contributed by atoms with Crippen LogP contribution in [0.2, 0.25) is 0 Å². The van der Waals surface area contributed by atoms with Crippen molar-refractivity contribution in [2.24, 2.45) is 5.92 Å². The normalized spacial score (nSPS) is 38.3. The first kappa shape index (κ1) is 7.53. The van der Waals surface area contributed by atoms with E-state index in [0.29, 0.717) is 18.8 Å². The van der Waals surface area contributed by atoms with Crippen LogP contribution in [0.5, 0.6) is 0 Å². The van der Waals surface area contributed by atoms with E-state index in [1.54, 1.807) is 6.07 Å². The zero-order chi connectivity index (χ0) is 7.61. The summed E-state index contributed by atoms with van der Waals surface area (Å²) in [4.78, 5) is 0. The van der Waals surface area contributed by atoms with Gasteiger partial charge < -0.3 is 0 Å². The Kier molecular flexibility index (Phi) is 1.94. The Labute approximate surface area is 60.8 Å². The highest BCUT2D eigenvalue weighted by Gasteiger charge is 2.44. The van der Waals surface area contributed by atoms with Crippen LogP contribution >= 0.6 is 0 Å². The molecule has 0 unspecified atom stereocenters. The largest absolute Gasteiger partial charge is 0.227 e. The number of rotatable bonds is 2. The van der Waals surface area contributed by atoms with Gasteiger partial charge in [0.05, 0.1) is 0 Å². The van der Waals surface area contributed by atoms with E-state index in [9.17, 15) is 4.39 Å². The Morgan fingerprint density at radius 2 is 2.30 bits per heavy atom. The number of nitrogens with zero attached hydrogens (tertiary/aromatic N) is 1. The Morgan fingerprint density at radius 3 is 2.70 bits per heavy atom. The van der Waals surface area contributed by atoms with E-state index >= 15 is 0 Å². The summed E-state index contributed by atoms with van der Waals surface area (Å²) in [6.45, 7) is 2.09. The monoisotopic (exact) mass is 141 g/mol. The van der Waals surface area contributed by atoms with Crippen LogP contribution in [0.4, 0.5) is 4.39 Å². The fourth-order valence-electron chi connectivity index (χ4n) is 1.56. The van der Waals surface area contributed by atoms with Crippen LogP contribution in [0.1, 0.15) is 32.6 Å². The zero-order valence-corrected chi connectivity index (χ0v) is 6.23. The van der Waals surface area contributed by atoms with Gasteiger partial charge in [0.2, 0.25) is 0 Å². The number of halogens is 1. The van der Waals surface area contributed by atoms with Crippen LogP contribution in [-0.2, 0) is 0 Å². The molecule has 10 heavy (non-hydrogen) atoms. The van der Waals surface area contributed by atoms with Crippen LogP contribution in [-0.4, -0.2) is 5.67 Å². The quantitative estimate of drug-likeness (QED) is 0.579. The third-order valence-corrected chi connectivity index (χ3v) is 2.12. The van der Waals surface area contributed by atoms with E-state index in [0.717, 1.165) is 12.8 Å². The number of hydrogen-bond donors (Lipinski definition) is 0. The minimum absolute atomic E-state index is 0.470. The number of nitriles is 1. The highest BCUT2D eigenvalue weighted by molar-refractivity contribution is 5.09. The molecule has 0 bridgehead atoms. The summed E-state index contributed by atoms with van der Waals surface area (Å²) in [5.74, 6) is 0.481. The van der Waals surface area contributed by atoms with Crippen molar-refractivity contribution in [1.29, 1.82) is 5.26 Å². The first-order chi connectivity index (χ1) is 4.70. The molecular weight excluding hydrogens is 129 g/mol. The third kappa shape index (κ3) is 1.29. The molecule has 1 saturated carbocycles. The summed E-state index contributed by atoms with van der Waals surface area (Å²) in [6, 6.07) is 1.70. The second kappa shape index (κ2) is 2.57. The molecule has 0 saturated heterocycles. The van der Waals surface area contributed by atoms with Crippen molar-refractivity contribution in [3.8, 4) is 6.07 Å². The smallest absolute Gasteiger partial charge is 0.196 e. The highest BCUT2D eigenvalue weighted by Crippen LogP contribution is 2.42. The van der Waals surface area contributed by atoms with Crippen molar-refractivity contribution in [3.05, 3.63) is 0 Å².